The second kappa shape index (κ2) is 7.71. The average Bonchev–Trinajstić information content (AvgIpc) is 3.43. The normalized spacial score (nSPS) is 11.1. The van der Waals surface area contributed by atoms with E-state index in [1.165, 1.54) is 18.4 Å². The Bertz CT molecular complexity index is 1270. The molecule has 0 aromatic carbocycles. The molecule has 0 saturated carbocycles. The molecule has 10 heteroatoms. The van der Waals surface area contributed by atoms with E-state index in [1.54, 1.807) is 29.0 Å². The third-order valence-electron chi connectivity index (χ3n) is 4.76. The Labute approximate surface area is 176 Å². The van der Waals surface area contributed by atoms with Crippen LogP contribution in [-0.2, 0) is 11.3 Å². The number of hydrogen-bond acceptors (Lipinski definition) is 7. The van der Waals surface area contributed by atoms with Gasteiger partial charge in [0.2, 0.25) is 0 Å². The van der Waals surface area contributed by atoms with E-state index in [0.29, 0.717) is 16.2 Å². The van der Waals surface area contributed by atoms with Crippen molar-refractivity contribution in [1.82, 2.24) is 24.4 Å². The molecule has 30 heavy (non-hydrogen) atoms. The van der Waals surface area contributed by atoms with Crippen molar-refractivity contribution in [3.05, 3.63) is 52.4 Å². The van der Waals surface area contributed by atoms with Crippen molar-refractivity contribution < 1.29 is 14.3 Å². The van der Waals surface area contributed by atoms with Crippen molar-refractivity contribution in [2.45, 2.75) is 27.3 Å². The summed E-state index contributed by atoms with van der Waals surface area (Å²) < 4.78 is 8.31. The van der Waals surface area contributed by atoms with Gasteiger partial charge in [0.15, 0.2) is 11.3 Å². The highest BCUT2D eigenvalue weighted by Crippen LogP contribution is 2.29. The van der Waals surface area contributed by atoms with E-state index < -0.39 is 11.9 Å². The molecule has 0 spiro atoms. The summed E-state index contributed by atoms with van der Waals surface area (Å²) in [5.74, 6) is -0.934. The molecule has 0 atom stereocenters. The zero-order chi connectivity index (χ0) is 21.4. The zero-order valence-corrected chi connectivity index (χ0v) is 17.8. The van der Waals surface area contributed by atoms with Gasteiger partial charge in [-0.1, -0.05) is 0 Å². The molecule has 0 unspecified atom stereocenters. The summed E-state index contributed by atoms with van der Waals surface area (Å²) in [4.78, 5) is 30.0. The molecule has 9 nitrogen and oxygen atoms in total. The van der Waals surface area contributed by atoms with Crippen LogP contribution >= 0.6 is 11.3 Å². The van der Waals surface area contributed by atoms with E-state index in [9.17, 15) is 9.59 Å². The Hall–Kier alpha value is -3.53. The molecule has 1 N–H and O–H groups in total. The minimum absolute atomic E-state index is 0.192. The molecule has 0 aliphatic carbocycles. The minimum atomic E-state index is -0.503. The molecule has 0 bridgehead atoms. The van der Waals surface area contributed by atoms with Crippen molar-refractivity contribution in [2.75, 3.05) is 12.4 Å². The molecule has 0 aliphatic rings. The van der Waals surface area contributed by atoms with E-state index >= 15 is 0 Å². The molecule has 1 amide bonds. The highest BCUT2D eigenvalue weighted by atomic mass is 32.1. The predicted molar refractivity (Wildman–Crippen MR) is 113 cm³/mol. The fourth-order valence-electron chi connectivity index (χ4n) is 3.26. The lowest BCUT2D eigenvalue weighted by Gasteiger charge is -2.05. The fourth-order valence-corrected chi connectivity index (χ4v) is 4.16. The number of fused-ring (bicyclic) bond motifs is 1. The van der Waals surface area contributed by atoms with Crippen LogP contribution in [0, 0.1) is 13.8 Å². The van der Waals surface area contributed by atoms with Crippen LogP contribution < -0.4 is 5.32 Å². The number of amides is 1. The molecule has 0 radical (unpaired) electrons. The van der Waals surface area contributed by atoms with E-state index in [0.717, 1.165) is 28.4 Å². The zero-order valence-electron chi connectivity index (χ0n) is 17.0. The van der Waals surface area contributed by atoms with Crippen LogP contribution in [0.1, 0.15) is 38.3 Å². The molecular weight excluding hydrogens is 404 g/mol. The van der Waals surface area contributed by atoms with Crippen molar-refractivity contribution >= 4 is 33.9 Å². The number of nitrogens with zero attached hydrogens (tertiary/aromatic N) is 5. The number of carbonyl (C=O) groups excluding carboxylic acids is 2. The van der Waals surface area contributed by atoms with E-state index in [-0.39, 0.29) is 5.69 Å². The van der Waals surface area contributed by atoms with Crippen molar-refractivity contribution in [3.63, 3.8) is 0 Å². The Morgan fingerprint density at radius 1 is 1.27 bits per heavy atom. The summed E-state index contributed by atoms with van der Waals surface area (Å²) in [7, 11) is 1.30. The number of rotatable bonds is 5. The highest BCUT2D eigenvalue weighted by molar-refractivity contribution is 7.16. The maximum atomic E-state index is 12.8. The van der Waals surface area contributed by atoms with Gasteiger partial charge in [-0.25, -0.2) is 14.3 Å². The van der Waals surface area contributed by atoms with Crippen LogP contribution in [-0.4, -0.2) is 43.4 Å². The van der Waals surface area contributed by atoms with Crippen LogP contribution in [0.2, 0.25) is 0 Å². The van der Waals surface area contributed by atoms with Gasteiger partial charge in [0.25, 0.3) is 5.91 Å². The Kier molecular flexibility index (Phi) is 5.08. The predicted octanol–water partition coefficient (Wildman–Crippen LogP) is 3.33. The summed E-state index contributed by atoms with van der Waals surface area (Å²) in [5, 5.41) is 12.0. The van der Waals surface area contributed by atoms with E-state index in [2.05, 4.69) is 20.5 Å². The number of ether oxygens (including phenoxy) is 1. The first-order chi connectivity index (χ1) is 14.4. The lowest BCUT2D eigenvalue weighted by atomic mass is 10.2. The number of anilines is 1. The quantitative estimate of drug-likeness (QED) is 0.493. The first-order valence-electron chi connectivity index (χ1n) is 9.30. The van der Waals surface area contributed by atoms with Gasteiger partial charge in [-0.05, 0) is 32.9 Å². The van der Waals surface area contributed by atoms with Crippen LogP contribution in [0.5, 0.6) is 0 Å². The first kappa shape index (κ1) is 19.8. The number of thiophene rings is 1. The molecule has 4 heterocycles. The van der Waals surface area contributed by atoms with Gasteiger partial charge in [-0.2, -0.15) is 10.2 Å². The first-order valence-corrected chi connectivity index (χ1v) is 10.1. The lowest BCUT2D eigenvalue weighted by Crippen LogP contribution is -2.14. The van der Waals surface area contributed by atoms with Gasteiger partial charge < -0.3 is 10.1 Å². The Morgan fingerprint density at radius 3 is 2.77 bits per heavy atom. The number of methoxy groups -OCH3 is 1. The third kappa shape index (κ3) is 3.35. The third-order valence-corrected chi connectivity index (χ3v) is 5.72. The number of nitrogens with one attached hydrogen (secondary N) is 1. The van der Waals surface area contributed by atoms with Crippen LogP contribution in [0.15, 0.2) is 30.6 Å². The molecule has 4 rings (SSSR count). The van der Waals surface area contributed by atoms with Gasteiger partial charge in [-0.3, -0.25) is 9.48 Å². The van der Waals surface area contributed by atoms with Gasteiger partial charge in [-0.15, -0.1) is 11.3 Å². The van der Waals surface area contributed by atoms with Gasteiger partial charge in [0.1, 0.15) is 5.00 Å². The second-order valence-electron chi connectivity index (χ2n) is 6.63. The van der Waals surface area contributed by atoms with Crippen LogP contribution in [0.3, 0.4) is 0 Å². The molecular formula is C20H20N6O3S. The molecule has 4 aromatic heterocycles. The number of hydrogen-bond donors (Lipinski definition) is 1. The smallest absolute Gasteiger partial charge is 0.340 e. The molecule has 0 fully saturated rings. The van der Waals surface area contributed by atoms with Crippen LogP contribution in [0.4, 0.5) is 5.00 Å². The molecule has 154 valence electrons. The number of carbonyl (C=O) groups is 2. The topological polar surface area (TPSA) is 103 Å². The minimum Gasteiger partial charge on any atom is -0.465 e. The number of aromatic nitrogens is 5. The van der Waals surface area contributed by atoms with Gasteiger partial charge >= 0.3 is 5.97 Å². The van der Waals surface area contributed by atoms with Crippen molar-refractivity contribution in [1.29, 1.82) is 0 Å². The van der Waals surface area contributed by atoms with Gasteiger partial charge in [0.05, 0.1) is 24.6 Å². The summed E-state index contributed by atoms with van der Waals surface area (Å²) in [5.41, 5.74) is 3.76. The monoisotopic (exact) mass is 424 g/mol. The van der Waals surface area contributed by atoms with Crippen LogP contribution in [0.25, 0.3) is 16.9 Å². The maximum Gasteiger partial charge on any atom is 0.340 e. The van der Waals surface area contributed by atoms with E-state index in [4.69, 9.17) is 4.74 Å². The lowest BCUT2D eigenvalue weighted by molar-refractivity contribution is 0.0602. The fraction of sp³-hybridized carbons (Fsp3) is 0.250. The SMILES string of the molecule is CCn1ncc(-c2ccnc3cc(C(=O)Nc4sc(C)cc4C(=O)OC)nn23)c1C. The summed E-state index contributed by atoms with van der Waals surface area (Å²) in [6, 6.07) is 5.13. The second-order valence-corrected chi connectivity index (χ2v) is 7.89. The largest absolute Gasteiger partial charge is 0.465 e. The molecule has 0 saturated heterocycles. The summed E-state index contributed by atoms with van der Waals surface area (Å²) >= 11 is 1.30. The highest BCUT2D eigenvalue weighted by Gasteiger charge is 2.21. The van der Waals surface area contributed by atoms with E-state index in [1.807, 2.05) is 31.5 Å². The standard InChI is InChI=1S/C20H20N6O3S/c1-5-25-12(3)14(10-22-25)16-6-7-21-17-9-15(24-26(16)17)18(27)23-19-13(20(28)29-4)8-11(2)30-19/h6-10H,5H2,1-4H3,(H,23,27). The Morgan fingerprint density at radius 2 is 2.07 bits per heavy atom. The van der Waals surface area contributed by atoms with Gasteiger partial charge in [0, 0.05) is 34.9 Å². The van der Waals surface area contributed by atoms with Crippen molar-refractivity contribution in [3.8, 4) is 11.3 Å². The van der Waals surface area contributed by atoms with Crippen molar-refractivity contribution in [2.24, 2.45) is 0 Å². The molecule has 4 aromatic rings. The summed E-state index contributed by atoms with van der Waals surface area (Å²) in [6.07, 6.45) is 3.46. The maximum absolute atomic E-state index is 12.8. The number of esters is 1. The average molecular weight is 424 g/mol. The molecule has 0 aliphatic heterocycles. The summed E-state index contributed by atoms with van der Waals surface area (Å²) in [6.45, 7) is 6.63. The number of aryl methyl sites for hydroxylation is 2. The Balaban J connectivity index is 1.70.